The maximum absolute atomic E-state index is 11.7. The second kappa shape index (κ2) is 5.50. The maximum Gasteiger partial charge on any atom is 0.133 e. The number of ketones is 1. The zero-order chi connectivity index (χ0) is 14.3. The molecule has 1 fully saturated rings. The zero-order valence-corrected chi connectivity index (χ0v) is 15.0. The van der Waals surface area contributed by atoms with Gasteiger partial charge in [-0.1, -0.05) is 69.4 Å². The molecule has 2 unspecified atom stereocenters. The lowest BCUT2D eigenvalue weighted by atomic mass is 9.66. The quantitative estimate of drug-likeness (QED) is 0.575. The molecule has 0 saturated heterocycles. The van der Waals surface area contributed by atoms with Gasteiger partial charge in [-0.15, -0.1) is 0 Å². The van der Waals surface area contributed by atoms with Gasteiger partial charge in [0.2, 0.25) is 0 Å². The Morgan fingerprint density at radius 2 is 1.84 bits per heavy atom. The third-order valence-corrected chi connectivity index (χ3v) is 8.20. The van der Waals surface area contributed by atoms with Crippen molar-refractivity contribution in [2.24, 2.45) is 5.41 Å². The van der Waals surface area contributed by atoms with Gasteiger partial charge >= 0.3 is 0 Å². The molecule has 4 heteroatoms. The van der Waals surface area contributed by atoms with Crippen LogP contribution in [-0.4, -0.2) is 10.1 Å². The summed E-state index contributed by atoms with van der Waals surface area (Å²) in [6.45, 7) is 4.31. The van der Waals surface area contributed by atoms with Crippen LogP contribution in [0.1, 0.15) is 43.5 Å². The second-order valence-corrected chi connectivity index (χ2v) is 8.64. The van der Waals surface area contributed by atoms with Crippen LogP contribution < -0.4 is 0 Å². The van der Waals surface area contributed by atoms with Gasteiger partial charge in [0.15, 0.2) is 0 Å². The van der Waals surface area contributed by atoms with Gasteiger partial charge in [0.25, 0.3) is 0 Å². The van der Waals surface area contributed by atoms with E-state index < -0.39 is 0 Å². The van der Waals surface area contributed by atoms with Crippen LogP contribution in [0.2, 0.25) is 5.02 Å². The molecular weight excluding hydrogens is 391 g/mol. The Morgan fingerprint density at radius 1 is 1.26 bits per heavy atom. The van der Waals surface area contributed by atoms with Crippen LogP contribution in [0.3, 0.4) is 0 Å². The fraction of sp³-hybridized carbons (Fsp3) is 0.533. The largest absolute Gasteiger partial charge is 0.300 e. The first kappa shape index (κ1) is 15.5. The zero-order valence-electron chi connectivity index (χ0n) is 11.1. The summed E-state index contributed by atoms with van der Waals surface area (Å²) in [4.78, 5) is 11.9. The lowest BCUT2D eigenvalue weighted by Crippen LogP contribution is -2.47. The number of hydrogen-bond acceptors (Lipinski definition) is 1. The van der Waals surface area contributed by atoms with E-state index in [-0.39, 0.29) is 14.6 Å². The normalized spacial score (nSPS) is 28.2. The third kappa shape index (κ3) is 2.93. The highest BCUT2D eigenvalue weighted by molar-refractivity contribution is 9.12. The topological polar surface area (TPSA) is 17.1 Å². The van der Waals surface area contributed by atoms with Crippen molar-refractivity contribution in [3.63, 3.8) is 0 Å². The molecule has 0 N–H and O–H groups in total. The van der Waals surface area contributed by atoms with Gasteiger partial charge < -0.3 is 0 Å². The number of carbonyl (C=O) groups excluding carboxylic acids is 1. The molecule has 1 saturated carbocycles. The van der Waals surface area contributed by atoms with Crippen molar-refractivity contribution in [3.8, 4) is 0 Å². The predicted octanol–water partition coefficient (Wildman–Crippen LogP) is 5.69. The molecule has 0 bridgehead atoms. The summed E-state index contributed by atoms with van der Waals surface area (Å²) >= 11 is 13.7. The Bertz CT molecular complexity index is 483. The first-order valence-electron chi connectivity index (χ1n) is 6.36. The second-order valence-electron chi connectivity index (χ2n) is 5.88. The van der Waals surface area contributed by atoms with Gasteiger partial charge in [-0.2, -0.15) is 0 Å². The standard InChI is InChI=1S/C15H17Br2ClO/c1-14(2)9-12(19)7-8-15(14,17)13(16)10-3-5-11(18)6-4-10/h3-6,13H,7-9H2,1-2H3. The van der Waals surface area contributed by atoms with E-state index in [0.717, 1.165) is 11.4 Å². The minimum atomic E-state index is -0.123. The maximum atomic E-state index is 11.7. The van der Waals surface area contributed by atoms with Crippen LogP contribution in [0, 0.1) is 5.41 Å². The van der Waals surface area contributed by atoms with E-state index in [4.69, 9.17) is 11.6 Å². The van der Waals surface area contributed by atoms with E-state index in [1.165, 1.54) is 5.56 Å². The van der Waals surface area contributed by atoms with Gasteiger partial charge in [-0.25, -0.2) is 0 Å². The van der Waals surface area contributed by atoms with Crippen molar-refractivity contribution in [2.45, 2.75) is 42.3 Å². The molecule has 1 aliphatic rings. The summed E-state index contributed by atoms with van der Waals surface area (Å²) in [5.74, 6) is 0.357. The molecule has 2 rings (SSSR count). The molecule has 19 heavy (non-hydrogen) atoms. The van der Waals surface area contributed by atoms with E-state index in [0.29, 0.717) is 18.6 Å². The highest BCUT2D eigenvalue weighted by atomic mass is 79.9. The Kier molecular flexibility index (Phi) is 4.49. The lowest BCUT2D eigenvalue weighted by molar-refractivity contribution is -0.124. The van der Waals surface area contributed by atoms with Crippen LogP contribution >= 0.6 is 43.5 Å². The van der Waals surface area contributed by atoms with E-state index in [1.54, 1.807) is 0 Å². The molecule has 1 aromatic carbocycles. The summed E-state index contributed by atoms with van der Waals surface area (Å²) in [7, 11) is 0. The van der Waals surface area contributed by atoms with Gasteiger partial charge in [0, 0.05) is 22.2 Å². The number of carbonyl (C=O) groups is 1. The van der Waals surface area contributed by atoms with Crippen LogP contribution in [0.4, 0.5) is 0 Å². The number of alkyl halides is 2. The van der Waals surface area contributed by atoms with Gasteiger partial charge in [0.1, 0.15) is 5.78 Å². The first-order valence-corrected chi connectivity index (χ1v) is 8.45. The summed E-state index contributed by atoms with van der Waals surface area (Å²) in [6, 6.07) is 7.89. The molecule has 0 heterocycles. The highest BCUT2D eigenvalue weighted by Crippen LogP contribution is 2.57. The molecule has 0 aliphatic heterocycles. The fourth-order valence-corrected chi connectivity index (χ4v) is 4.64. The van der Waals surface area contributed by atoms with Crippen LogP contribution in [-0.2, 0) is 4.79 Å². The first-order chi connectivity index (χ1) is 8.76. The molecule has 1 nitrogen and oxygen atoms in total. The average molecular weight is 409 g/mol. The van der Waals surface area contributed by atoms with Crippen molar-refractivity contribution in [1.29, 1.82) is 0 Å². The molecular formula is C15H17Br2ClO. The van der Waals surface area contributed by atoms with Crippen molar-refractivity contribution in [2.75, 3.05) is 0 Å². The molecule has 0 aromatic heterocycles. The van der Waals surface area contributed by atoms with Crippen LogP contribution in [0.25, 0.3) is 0 Å². The average Bonchev–Trinajstić information content (AvgIpc) is 2.34. The minimum Gasteiger partial charge on any atom is -0.300 e. The monoisotopic (exact) mass is 406 g/mol. The fourth-order valence-electron chi connectivity index (χ4n) is 2.75. The molecule has 1 aliphatic carbocycles. The molecule has 0 radical (unpaired) electrons. The molecule has 0 spiro atoms. The van der Waals surface area contributed by atoms with Gasteiger partial charge in [-0.3, -0.25) is 4.79 Å². The third-order valence-electron chi connectivity index (χ3n) is 4.10. The smallest absolute Gasteiger partial charge is 0.133 e. The molecule has 2 atom stereocenters. The number of benzene rings is 1. The van der Waals surface area contributed by atoms with E-state index in [1.807, 2.05) is 24.3 Å². The van der Waals surface area contributed by atoms with Crippen molar-refractivity contribution in [1.82, 2.24) is 0 Å². The Labute approximate surface area is 136 Å². The Balaban J connectivity index is 2.33. The van der Waals surface area contributed by atoms with E-state index in [9.17, 15) is 4.79 Å². The van der Waals surface area contributed by atoms with E-state index >= 15 is 0 Å². The Hall–Kier alpha value is 0.140. The van der Waals surface area contributed by atoms with Crippen LogP contribution in [0.15, 0.2) is 24.3 Å². The Morgan fingerprint density at radius 3 is 2.37 bits per heavy atom. The van der Waals surface area contributed by atoms with Crippen molar-refractivity contribution in [3.05, 3.63) is 34.9 Å². The van der Waals surface area contributed by atoms with Gasteiger partial charge in [0.05, 0.1) is 4.83 Å². The summed E-state index contributed by atoms with van der Waals surface area (Å²) in [5.41, 5.74) is 1.10. The predicted molar refractivity (Wildman–Crippen MR) is 87.4 cm³/mol. The summed E-state index contributed by atoms with van der Waals surface area (Å²) < 4.78 is -0.123. The molecule has 1 aromatic rings. The van der Waals surface area contributed by atoms with Gasteiger partial charge in [-0.05, 0) is 29.5 Å². The summed E-state index contributed by atoms with van der Waals surface area (Å²) in [6.07, 6.45) is 2.11. The van der Waals surface area contributed by atoms with E-state index in [2.05, 4.69) is 45.7 Å². The molecule has 0 amide bonds. The minimum absolute atomic E-state index is 0.0872. The lowest BCUT2D eigenvalue weighted by Gasteiger charge is -2.48. The number of halogens is 3. The molecule has 104 valence electrons. The SMILES string of the molecule is CC1(C)CC(=O)CCC1(Br)C(Br)c1ccc(Cl)cc1. The highest BCUT2D eigenvalue weighted by Gasteiger charge is 2.51. The van der Waals surface area contributed by atoms with Crippen molar-refractivity contribution < 1.29 is 4.79 Å². The summed E-state index contributed by atoms with van der Waals surface area (Å²) in [5, 5.41) is 0.741. The van der Waals surface area contributed by atoms with Crippen molar-refractivity contribution >= 4 is 49.2 Å². The number of hydrogen-bond donors (Lipinski definition) is 0. The van der Waals surface area contributed by atoms with Crippen LogP contribution in [0.5, 0.6) is 0 Å². The number of Topliss-reactive ketones (excluding diaryl/α,β-unsaturated/α-hetero) is 1. The number of rotatable bonds is 2.